The first-order chi connectivity index (χ1) is 11.4. The van der Waals surface area contributed by atoms with Crippen LogP contribution in [0.1, 0.15) is 23.0 Å². The summed E-state index contributed by atoms with van der Waals surface area (Å²) < 4.78 is 6.42. The summed E-state index contributed by atoms with van der Waals surface area (Å²) in [5, 5.41) is 9.90. The van der Waals surface area contributed by atoms with Gasteiger partial charge in [0.05, 0.1) is 6.61 Å². The molecular formula is C16H18ClN3O4. The van der Waals surface area contributed by atoms with Gasteiger partial charge in [0, 0.05) is 25.7 Å². The lowest BCUT2D eigenvalue weighted by molar-refractivity contribution is 0.0685. The van der Waals surface area contributed by atoms with Crippen molar-refractivity contribution in [2.45, 2.75) is 13.5 Å². The summed E-state index contributed by atoms with van der Waals surface area (Å²) >= 11 is 6.15. The molecule has 128 valence electrons. The van der Waals surface area contributed by atoms with Gasteiger partial charge in [0.1, 0.15) is 0 Å². The molecule has 1 aromatic carbocycles. The minimum atomic E-state index is -1.32. The zero-order chi connectivity index (χ0) is 17.9. The molecule has 0 bridgehead atoms. The number of carboxylic acid groups (broad SMARTS) is 1. The Kier molecular flexibility index (Phi) is 5.46. The predicted molar refractivity (Wildman–Crippen MR) is 91.2 cm³/mol. The van der Waals surface area contributed by atoms with Crippen molar-refractivity contribution in [1.29, 1.82) is 0 Å². The maximum atomic E-state index is 12.4. The van der Waals surface area contributed by atoms with E-state index in [1.54, 1.807) is 24.9 Å². The van der Waals surface area contributed by atoms with Crippen molar-refractivity contribution in [3.63, 3.8) is 0 Å². The second-order valence-corrected chi connectivity index (χ2v) is 5.55. The van der Waals surface area contributed by atoms with Crippen molar-refractivity contribution in [1.82, 2.24) is 9.55 Å². The number of anilines is 1. The lowest BCUT2D eigenvalue weighted by Crippen LogP contribution is -2.31. The van der Waals surface area contributed by atoms with Crippen LogP contribution in [0, 0.1) is 0 Å². The first-order valence-electron chi connectivity index (χ1n) is 7.28. The summed E-state index contributed by atoms with van der Waals surface area (Å²) in [6.45, 7) is 2.21. The minimum Gasteiger partial charge on any atom is -0.486 e. The van der Waals surface area contributed by atoms with E-state index in [1.807, 2.05) is 18.2 Å². The van der Waals surface area contributed by atoms with E-state index in [4.69, 9.17) is 16.3 Å². The molecule has 1 aromatic heterocycles. The summed E-state index contributed by atoms with van der Waals surface area (Å²) in [5.41, 5.74) is -0.118. The molecule has 0 unspecified atom stereocenters. The summed E-state index contributed by atoms with van der Waals surface area (Å²) in [7, 11) is 3.22. The molecule has 0 aliphatic rings. The zero-order valence-electron chi connectivity index (χ0n) is 13.6. The molecule has 0 atom stereocenters. The average molecular weight is 352 g/mol. The Labute approximate surface area is 144 Å². The van der Waals surface area contributed by atoms with Gasteiger partial charge in [0.25, 0.3) is 5.56 Å². The van der Waals surface area contributed by atoms with Gasteiger partial charge in [-0.3, -0.25) is 9.36 Å². The topological polar surface area (TPSA) is 84.7 Å². The number of halogens is 1. The van der Waals surface area contributed by atoms with Gasteiger partial charge in [-0.15, -0.1) is 0 Å². The van der Waals surface area contributed by atoms with E-state index in [9.17, 15) is 14.7 Å². The van der Waals surface area contributed by atoms with E-state index < -0.39 is 17.2 Å². The Morgan fingerprint density at radius 2 is 2.08 bits per heavy atom. The maximum Gasteiger partial charge on any atom is 0.358 e. The highest BCUT2D eigenvalue weighted by Gasteiger charge is 2.23. The molecule has 1 heterocycles. The summed E-state index contributed by atoms with van der Waals surface area (Å²) in [6.07, 6.45) is 0. The molecule has 0 amide bonds. The van der Waals surface area contributed by atoms with Crippen LogP contribution in [-0.4, -0.2) is 34.3 Å². The summed E-state index contributed by atoms with van der Waals surface area (Å²) in [4.78, 5) is 29.6. The standard InChI is InChI=1S/C16H18ClN3O4/c1-4-24-13-12(15(22)23)18-16(20(3)14(13)21)19(2)9-10-7-5-6-8-11(10)17/h5-8H,4,9H2,1-3H3,(H,22,23). The molecule has 1 N–H and O–H groups in total. The van der Waals surface area contributed by atoms with Crippen LogP contribution in [-0.2, 0) is 13.6 Å². The summed E-state index contributed by atoms with van der Waals surface area (Å²) in [5.74, 6) is -1.37. The molecule has 8 heteroatoms. The number of carbonyl (C=O) groups is 1. The Hall–Kier alpha value is -2.54. The van der Waals surface area contributed by atoms with Gasteiger partial charge in [0.2, 0.25) is 11.7 Å². The van der Waals surface area contributed by atoms with E-state index in [0.29, 0.717) is 11.6 Å². The molecular weight excluding hydrogens is 334 g/mol. The number of rotatable bonds is 6. The number of nitrogens with zero attached hydrogens (tertiary/aromatic N) is 3. The van der Waals surface area contributed by atoms with Crippen LogP contribution in [0.15, 0.2) is 29.1 Å². The number of aromatic carboxylic acids is 1. The maximum absolute atomic E-state index is 12.4. The quantitative estimate of drug-likeness (QED) is 0.858. The molecule has 0 saturated carbocycles. The first-order valence-corrected chi connectivity index (χ1v) is 7.66. The highest BCUT2D eigenvalue weighted by molar-refractivity contribution is 6.31. The lowest BCUT2D eigenvalue weighted by atomic mass is 10.2. The average Bonchev–Trinajstić information content (AvgIpc) is 2.54. The number of ether oxygens (including phenoxy) is 1. The van der Waals surface area contributed by atoms with Gasteiger partial charge in [-0.05, 0) is 18.6 Å². The number of carboxylic acids is 1. The Morgan fingerprint density at radius 3 is 2.67 bits per heavy atom. The molecule has 0 radical (unpaired) electrons. The van der Waals surface area contributed by atoms with Gasteiger partial charge in [-0.2, -0.15) is 0 Å². The number of benzene rings is 1. The van der Waals surface area contributed by atoms with Gasteiger partial charge >= 0.3 is 5.97 Å². The van der Waals surface area contributed by atoms with Crippen molar-refractivity contribution in [2.24, 2.45) is 7.05 Å². The second kappa shape index (κ2) is 7.35. The lowest BCUT2D eigenvalue weighted by Gasteiger charge is -2.22. The Morgan fingerprint density at radius 1 is 1.42 bits per heavy atom. The van der Waals surface area contributed by atoms with E-state index in [2.05, 4.69) is 4.98 Å². The van der Waals surface area contributed by atoms with Crippen LogP contribution in [0.2, 0.25) is 5.02 Å². The monoisotopic (exact) mass is 351 g/mol. The second-order valence-electron chi connectivity index (χ2n) is 5.14. The molecule has 0 saturated heterocycles. The largest absolute Gasteiger partial charge is 0.486 e. The number of aromatic nitrogens is 2. The normalized spacial score (nSPS) is 10.5. The highest BCUT2D eigenvalue weighted by atomic mass is 35.5. The third-order valence-corrected chi connectivity index (χ3v) is 3.79. The van der Waals surface area contributed by atoms with E-state index >= 15 is 0 Å². The van der Waals surface area contributed by atoms with Crippen LogP contribution < -0.4 is 15.2 Å². The van der Waals surface area contributed by atoms with Crippen LogP contribution in [0.5, 0.6) is 5.75 Å². The fourth-order valence-corrected chi connectivity index (χ4v) is 2.48. The Balaban J connectivity index is 2.48. The number of hydrogen-bond donors (Lipinski definition) is 1. The molecule has 24 heavy (non-hydrogen) atoms. The van der Waals surface area contributed by atoms with E-state index in [0.717, 1.165) is 5.56 Å². The van der Waals surface area contributed by atoms with Gasteiger partial charge in [-0.1, -0.05) is 29.8 Å². The molecule has 0 aliphatic carbocycles. The first kappa shape index (κ1) is 17.8. The molecule has 0 aliphatic heterocycles. The molecule has 7 nitrogen and oxygen atoms in total. The SMILES string of the molecule is CCOc1c(C(=O)O)nc(N(C)Cc2ccccc2Cl)n(C)c1=O. The minimum absolute atomic E-state index is 0.173. The van der Waals surface area contributed by atoms with Crippen molar-refractivity contribution in [3.05, 3.63) is 50.9 Å². The molecule has 0 fully saturated rings. The fraction of sp³-hybridized carbons (Fsp3) is 0.312. The smallest absolute Gasteiger partial charge is 0.358 e. The van der Waals surface area contributed by atoms with Crippen LogP contribution in [0.25, 0.3) is 0 Å². The summed E-state index contributed by atoms with van der Waals surface area (Å²) in [6, 6.07) is 7.28. The van der Waals surface area contributed by atoms with Gasteiger partial charge < -0.3 is 14.7 Å². The van der Waals surface area contributed by atoms with E-state index in [1.165, 1.54) is 11.6 Å². The molecule has 2 aromatic rings. The Bertz CT molecular complexity index is 819. The predicted octanol–water partition coefficient (Wildman–Crippen LogP) is 2.17. The van der Waals surface area contributed by atoms with Crippen molar-refractivity contribution in [2.75, 3.05) is 18.6 Å². The third kappa shape index (κ3) is 3.51. The molecule has 0 spiro atoms. The fourth-order valence-electron chi connectivity index (χ4n) is 2.28. The van der Waals surface area contributed by atoms with Crippen molar-refractivity contribution < 1.29 is 14.6 Å². The zero-order valence-corrected chi connectivity index (χ0v) is 14.4. The van der Waals surface area contributed by atoms with Crippen LogP contribution >= 0.6 is 11.6 Å². The van der Waals surface area contributed by atoms with Gasteiger partial charge in [-0.25, -0.2) is 9.78 Å². The van der Waals surface area contributed by atoms with E-state index in [-0.39, 0.29) is 18.3 Å². The number of hydrogen-bond acceptors (Lipinski definition) is 5. The van der Waals surface area contributed by atoms with Crippen LogP contribution in [0.4, 0.5) is 5.95 Å². The van der Waals surface area contributed by atoms with Crippen molar-refractivity contribution >= 4 is 23.5 Å². The third-order valence-electron chi connectivity index (χ3n) is 3.42. The van der Waals surface area contributed by atoms with Crippen LogP contribution in [0.3, 0.4) is 0 Å². The van der Waals surface area contributed by atoms with Crippen molar-refractivity contribution in [3.8, 4) is 5.75 Å². The highest BCUT2D eigenvalue weighted by Crippen LogP contribution is 2.21. The van der Waals surface area contributed by atoms with Gasteiger partial charge in [0.15, 0.2) is 5.69 Å². The molecule has 2 rings (SSSR count).